The minimum absolute atomic E-state index is 0.544. The molecule has 0 amide bonds. The van der Waals surface area contributed by atoms with Gasteiger partial charge in [0.1, 0.15) is 5.01 Å². The first-order chi connectivity index (χ1) is 12.8. The summed E-state index contributed by atoms with van der Waals surface area (Å²) in [6.45, 7) is 0. The number of thiazole rings is 1. The van der Waals surface area contributed by atoms with Gasteiger partial charge in [0.05, 0.1) is 16.8 Å². The van der Waals surface area contributed by atoms with Crippen molar-refractivity contribution < 1.29 is 8.42 Å². The summed E-state index contributed by atoms with van der Waals surface area (Å²) in [7, 11) is -0.811. The van der Waals surface area contributed by atoms with Crippen LogP contribution in [0.3, 0.4) is 0 Å². The summed E-state index contributed by atoms with van der Waals surface area (Å²) in [5.41, 5.74) is 2.70. The topological polar surface area (TPSA) is 75.5 Å². The Balaban J connectivity index is 2.00. The molecule has 0 saturated heterocycles. The smallest absolute Gasteiger partial charge is 0.265 e. The third-order valence-electron chi connectivity index (χ3n) is 3.70. The monoisotopic (exact) mass is 420 g/mol. The number of hydrogen-bond donors (Lipinski definition) is 0. The maximum atomic E-state index is 12.0. The quantitative estimate of drug-likeness (QED) is 0.570. The molecule has 0 aliphatic rings. The van der Waals surface area contributed by atoms with Gasteiger partial charge in [-0.2, -0.15) is 17.1 Å². The van der Waals surface area contributed by atoms with E-state index in [0.29, 0.717) is 16.3 Å². The molecule has 0 aliphatic carbocycles. The van der Waals surface area contributed by atoms with Gasteiger partial charge in [0.15, 0.2) is 0 Å². The van der Waals surface area contributed by atoms with E-state index < -0.39 is 10.2 Å². The second-order valence-electron chi connectivity index (χ2n) is 5.86. The molecule has 1 aromatic carbocycles. The van der Waals surface area contributed by atoms with E-state index in [1.165, 1.54) is 31.6 Å². The lowest BCUT2D eigenvalue weighted by Crippen LogP contribution is -2.19. The molecule has 0 unspecified atom stereocenters. The van der Waals surface area contributed by atoms with Crippen LogP contribution in [0, 0.1) is 0 Å². The Labute approximate surface area is 167 Å². The van der Waals surface area contributed by atoms with Gasteiger partial charge in [0.25, 0.3) is 0 Å². The van der Waals surface area contributed by atoms with Crippen LogP contribution in [0.4, 0.5) is 0 Å². The molecule has 0 atom stereocenters. The molecule has 0 aliphatic heterocycles. The molecule has 0 saturated carbocycles. The molecule has 0 spiro atoms. The normalized spacial score (nSPS) is 12.1. The largest absolute Gasteiger partial charge is 0.321 e. The second-order valence-corrected chi connectivity index (χ2v) is 9.17. The van der Waals surface area contributed by atoms with Gasteiger partial charge in [-0.05, 0) is 29.8 Å². The van der Waals surface area contributed by atoms with Crippen molar-refractivity contribution in [2.75, 3.05) is 14.1 Å². The van der Waals surface area contributed by atoms with E-state index in [-0.39, 0.29) is 0 Å². The Morgan fingerprint density at radius 3 is 2.44 bits per heavy atom. The lowest BCUT2D eigenvalue weighted by atomic mass is 10.1. The van der Waals surface area contributed by atoms with Crippen LogP contribution in [0.2, 0.25) is 5.02 Å². The molecule has 3 rings (SSSR count). The summed E-state index contributed by atoms with van der Waals surface area (Å²) in [6, 6.07) is 11.2. The summed E-state index contributed by atoms with van der Waals surface area (Å²) in [6.07, 6.45) is 5.30. The van der Waals surface area contributed by atoms with Crippen LogP contribution >= 0.6 is 22.9 Å². The fourth-order valence-electron chi connectivity index (χ4n) is 2.21. The zero-order valence-corrected chi connectivity index (χ0v) is 17.1. The number of rotatable bonds is 6. The maximum Gasteiger partial charge on any atom is 0.321 e. The van der Waals surface area contributed by atoms with Gasteiger partial charge >= 0.3 is 10.2 Å². The fourth-order valence-corrected chi connectivity index (χ4v) is 3.79. The number of pyridine rings is 1. The van der Waals surface area contributed by atoms with E-state index in [9.17, 15) is 8.42 Å². The van der Waals surface area contributed by atoms with Gasteiger partial charge in [0.2, 0.25) is 0 Å². The summed E-state index contributed by atoms with van der Waals surface area (Å²) in [5.74, 6) is 0. The number of halogens is 1. The highest BCUT2D eigenvalue weighted by Crippen LogP contribution is 2.28. The van der Waals surface area contributed by atoms with E-state index in [1.54, 1.807) is 12.4 Å². The molecular weight excluding hydrogens is 404 g/mol. The van der Waals surface area contributed by atoms with Gasteiger partial charge in [0, 0.05) is 43.5 Å². The minimum Gasteiger partial charge on any atom is -0.265 e. The number of aromatic nitrogens is 2. The molecule has 0 radical (unpaired) electrons. The average Bonchev–Trinajstić information content (AvgIpc) is 3.05. The number of nitrogens with zero attached hydrogens (tertiary/aromatic N) is 4. The van der Waals surface area contributed by atoms with Crippen LogP contribution in [0.25, 0.3) is 10.6 Å². The van der Waals surface area contributed by atoms with E-state index in [0.717, 1.165) is 26.1 Å². The molecule has 0 N–H and O–H groups in total. The van der Waals surface area contributed by atoms with Crippen LogP contribution in [-0.4, -0.2) is 43.0 Å². The highest BCUT2D eigenvalue weighted by Gasteiger charge is 2.15. The summed E-state index contributed by atoms with van der Waals surface area (Å²) in [4.78, 5) is 9.42. The fraction of sp³-hybridized carbons (Fsp3) is 0.167. The Kier molecular flexibility index (Phi) is 6.01. The van der Waals surface area contributed by atoms with Gasteiger partial charge in [-0.15, -0.1) is 11.3 Å². The van der Waals surface area contributed by atoms with Crippen molar-refractivity contribution in [2.45, 2.75) is 6.42 Å². The molecule has 0 fully saturated rings. The Bertz CT molecular complexity index is 1050. The minimum atomic E-state index is -3.69. The molecule has 2 aromatic heterocycles. The summed E-state index contributed by atoms with van der Waals surface area (Å²) >= 11 is 7.34. The van der Waals surface area contributed by atoms with Crippen LogP contribution < -0.4 is 0 Å². The first kappa shape index (κ1) is 19.6. The maximum absolute atomic E-state index is 12.0. The molecule has 3 aromatic rings. The van der Waals surface area contributed by atoms with E-state index in [4.69, 9.17) is 16.6 Å². The summed E-state index contributed by atoms with van der Waals surface area (Å²) in [5, 5.41) is 1.44. The first-order valence-electron chi connectivity index (χ1n) is 7.97. The van der Waals surface area contributed by atoms with Crippen LogP contribution in [0.15, 0.2) is 53.2 Å². The molecule has 140 valence electrons. The van der Waals surface area contributed by atoms with Crippen molar-refractivity contribution in [1.82, 2.24) is 14.3 Å². The van der Waals surface area contributed by atoms with Crippen LogP contribution in [0.1, 0.15) is 16.1 Å². The van der Waals surface area contributed by atoms with Crippen molar-refractivity contribution in [3.63, 3.8) is 0 Å². The lowest BCUT2D eigenvalue weighted by molar-refractivity contribution is 0.523. The average molecular weight is 421 g/mol. The van der Waals surface area contributed by atoms with Crippen molar-refractivity contribution in [2.24, 2.45) is 4.40 Å². The zero-order valence-electron chi connectivity index (χ0n) is 14.7. The third-order valence-corrected chi connectivity index (χ3v) is 6.33. The van der Waals surface area contributed by atoms with E-state index >= 15 is 0 Å². The number of hydrogen-bond acceptors (Lipinski definition) is 5. The Morgan fingerprint density at radius 2 is 1.81 bits per heavy atom. The van der Waals surface area contributed by atoms with Crippen molar-refractivity contribution in [3.8, 4) is 10.6 Å². The second kappa shape index (κ2) is 8.26. The highest BCUT2D eigenvalue weighted by atomic mass is 35.5. The predicted octanol–water partition coefficient (Wildman–Crippen LogP) is 3.67. The third kappa shape index (κ3) is 4.98. The van der Waals surface area contributed by atoms with Gasteiger partial charge in [-0.25, -0.2) is 4.98 Å². The SMILES string of the molecule is CN(C)S(=O)(=O)N=Cc1sc(-c2ccncc2)nc1Cc1ccc(Cl)cc1. The Morgan fingerprint density at radius 1 is 1.15 bits per heavy atom. The molecule has 9 heteroatoms. The first-order valence-corrected chi connectivity index (χ1v) is 10.6. The molecule has 2 heterocycles. The number of benzene rings is 1. The molecule has 0 bridgehead atoms. The van der Waals surface area contributed by atoms with Crippen molar-refractivity contribution >= 4 is 39.4 Å². The zero-order chi connectivity index (χ0) is 19.4. The van der Waals surface area contributed by atoms with Crippen LogP contribution in [-0.2, 0) is 16.6 Å². The standard InChI is InChI=1S/C18H17ClN4O2S2/c1-23(2)27(24,25)21-12-17-16(11-13-3-5-15(19)6-4-13)22-18(26-17)14-7-9-20-10-8-14/h3-10,12H,11H2,1-2H3. The van der Waals surface area contributed by atoms with Crippen molar-refractivity contribution in [3.05, 3.63) is 69.9 Å². The summed E-state index contributed by atoms with van der Waals surface area (Å²) < 4.78 is 28.8. The van der Waals surface area contributed by atoms with Crippen LogP contribution in [0.5, 0.6) is 0 Å². The Hall–Kier alpha value is -2.13. The van der Waals surface area contributed by atoms with Gasteiger partial charge in [-0.3, -0.25) is 4.98 Å². The molecular formula is C18H17ClN4O2S2. The van der Waals surface area contributed by atoms with Gasteiger partial charge in [-0.1, -0.05) is 23.7 Å². The van der Waals surface area contributed by atoms with E-state index in [1.807, 2.05) is 36.4 Å². The van der Waals surface area contributed by atoms with Gasteiger partial charge < -0.3 is 0 Å². The molecule has 27 heavy (non-hydrogen) atoms. The molecule has 6 nitrogen and oxygen atoms in total. The van der Waals surface area contributed by atoms with Crippen molar-refractivity contribution in [1.29, 1.82) is 0 Å². The lowest BCUT2D eigenvalue weighted by Gasteiger charge is -2.05. The predicted molar refractivity (Wildman–Crippen MR) is 110 cm³/mol. The van der Waals surface area contributed by atoms with E-state index in [2.05, 4.69) is 9.38 Å². The highest BCUT2D eigenvalue weighted by molar-refractivity contribution is 7.87.